The van der Waals surface area contributed by atoms with Gasteiger partial charge in [-0.2, -0.15) is 0 Å². The van der Waals surface area contributed by atoms with Gasteiger partial charge in [-0.05, 0) is 78.6 Å². The van der Waals surface area contributed by atoms with Crippen LogP contribution in [0.2, 0.25) is 0 Å². The summed E-state index contributed by atoms with van der Waals surface area (Å²) in [5, 5.41) is 2.38. The highest BCUT2D eigenvalue weighted by atomic mass is 16.7. The van der Waals surface area contributed by atoms with Crippen molar-refractivity contribution in [3.63, 3.8) is 0 Å². The summed E-state index contributed by atoms with van der Waals surface area (Å²) in [6, 6.07) is 42.4. The van der Waals surface area contributed by atoms with Crippen LogP contribution in [-0.2, 0) is 62.5 Å². The standard InChI is InChI=1S/C51H60O11/c1-33-49(56-32-38-20-21-39-18-12-13-19-40(39)26-38)43(53-5)27-47(57-33)61-51-35(3)59-48(29-45(51)55-31-37-16-10-7-11-17-37)62-50-34(2)58-46(60-42-24-22-41(52-4)23-25-42)28-44(50)54-30-36-14-8-6-9-15-36/h6-26,33-35,43-51H,27-32H2,1-5H3/t33-,34-,35-,43-,44+,45+,46+,47+,48+,49-,50-,51-/m1/s1. The van der Waals surface area contributed by atoms with Crippen LogP contribution in [0.15, 0.2) is 127 Å². The zero-order valence-corrected chi connectivity index (χ0v) is 36.3. The van der Waals surface area contributed by atoms with Crippen molar-refractivity contribution in [3.05, 3.63) is 144 Å². The van der Waals surface area contributed by atoms with E-state index in [0.717, 1.165) is 22.4 Å². The van der Waals surface area contributed by atoms with E-state index in [9.17, 15) is 0 Å². The topological polar surface area (TPSA) is 102 Å². The van der Waals surface area contributed by atoms with Crippen LogP contribution in [0.1, 0.15) is 56.7 Å². The summed E-state index contributed by atoms with van der Waals surface area (Å²) < 4.78 is 70.8. The highest BCUT2D eigenvalue weighted by molar-refractivity contribution is 5.82. The van der Waals surface area contributed by atoms with Gasteiger partial charge in [0.1, 0.15) is 29.8 Å². The predicted molar refractivity (Wildman–Crippen MR) is 234 cm³/mol. The molecule has 3 aliphatic rings. The Morgan fingerprint density at radius 2 is 0.935 bits per heavy atom. The Morgan fingerprint density at radius 3 is 1.52 bits per heavy atom. The average Bonchev–Trinajstić information content (AvgIpc) is 3.30. The summed E-state index contributed by atoms with van der Waals surface area (Å²) >= 11 is 0. The Labute approximate surface area is 365 Å². The van der Waals surface area contributed by atoms with Crippen LogP contribution in [-0.4, -0.2) is 88.0 Å². The Kier molecular flexibility index (Phi) is 15.2. The van der Waals surface area contributed by atoms with Crippen molar-refractivity contribution < 1.29 is 52.1 Å². The van der Waals surface area contributed by atoms with Gasteiger partial charge in [0.2, 0.25) is 6.29 Å². The molecular weight excluding hydrogens is 789 g/mol. The van der Waals surface area contributed by atoms with Crippen LogP contribution in [0.5, 0.6) is 11.5 Å². The fourth-order valence-electron chi connectivity index (χ4n) is 8.67. The number of rotatable bonds is 17. The fourth-order valence-corrected chi connectivity index (χ4v) is 8.67. The summed E-state index contributed by atoms with van der Waals surface area (Å²) in [5.74, 6) is 1.43. The Morgan fingerprint density at radius 1 is 0.452 bits per heavy atom. The van der Waals surface area contributed by atoms with E-state index >= 15 is 0 Å². The van der Waals surface area contributed by atoms with E-state index < -0.39 is 37.2 Å². The molecule has 0 N–H and O–H groups in total. The number of methoxy groups -OCH3 is 2. The first-order chi connectivity index (χ1) is 30.3. The number of fused-ring (bicyclic) bond motifs is 1. The summed E-state index contributed by atoms with van der Waals surface area (Å²) in [4.78, 5) is 0. The first-order valence-electron chi connectivity index (χ1n) is 21.8. The largest absolute Gasteiger partial charge is 0.497 e. The minimum absolute atomic E-state index is 0.248. The smallest absolute Gasteiger partial charge is 0.202 e. The number of ether oxygens (including phenoxy) is 11. The lowest BCUT2D eigenvalue weighted by Gasteiger charge is -2.46. The molecule has 0 saturated carbocycles. The van der Waals surface area contributed by atoms with Gasteiger partial charge in [-0.1, -0.05) is 97.1 Å². The van der Waals surface area contributed by atoms with Gasteiger partial charge >= 0.3 is 0 Å². The molecule has 5 aromatic carbocycles. The van der Waals surface area contributed by atoms with E-state index in [2.05, 4.69) is 60.7 Å². The molecule has 5 aromatic rings. The van der Waals surface area contributed by atoms with E-state index in [-0.39, 0.29) is 36.6 Å². The second-order valence-electron chi connectivity index (χ2n) is 16.4. The summed E-state index contributed by atoms with van der Waals surface area (Å²) in [6.45, 7) is 7.24. The lowest BCUT2D eigenvalue weighted by molar-refractivity contribution is -0.338. The zero-order chi connectivity index (χ0) is 42.8. The van der Waals surface area contributed by atoms with E-state index in [1.165, 1.54) is 10.8 Å². The second-order valence-corrected chi connectivity index (χ2v) is 16.4. The maximum absolute atomic E-state index is 6.87. The van der Waals surface area contributed by atoms with E-state index in [1.54, 1.807) is 14.2 Å². The normalized spacial score (nSPS) is 30.2. The molecule has 0 amide bonds. The lowest BCUT2D eigenvalue weighted by atomic mass is 9.99. The molecule has 0 radical (unpaired) electrons. The van der Waals surface area contributed by atoms with Crippen molar-refractivity contribution in [2.75, 3.05) is 14.2 Å². The predicted octanol–water partition coefficient (Wildman–Crippen LogP) is 9.17. The van der Waals surface area contributed by atoms with Gasteiger partial charge in [-0.25, -0.2) is 0 Å². The number of hydrogen-bond acceptors (Lipinski definition) is 11. The van der Waals surface area contributed by atoms with Crippen LogP contribution in [0, 0.1) is 0 Å². The third-order valence-corrected chi connectivity index (χ3v) is 12.0. The summed E-state index contributed by atoms with van der Waals surface area (Å²) in [7, 11) is 3.35. The minimum atomic E-state index is -0.630. The first-order valence-corrected chi connectivity index (χ1v) is 21.8. The Balaban J connectivity index is 0.938. The molecule has 11 nitrogen and oxygen atoms in total. The number of benzene rings is 5. The molecule has 11 heteroatoms. The van der Waals surface area contributed by atoms with Gasteiger partial charge in [0.25, 0.3) is 0 Å². The average molecular weight is 849 g/mol. The van der Waals surface area contributed by atoms with Crippen molar-refractivity contribution in [3.8, 4) is 11.5 Å². The molecule has 0 aromatic heterocycles. The molecule has 0 aliphatic carbocycles. The quantitative estimate of drug-likeness (QED) is 0.0896. The van der Waals surface area contributed by atoms with Crippen molar-refractivity contribution >= 4 is 10.8 Å². The monoisotopic (exact) mass is 848 g/mol. The maximum atomic E-state index is 6.87. The zero-order valence-electron chi connectivity index (χ0n) is 36.3. The van der Waals surface area contributed by atoms with E-state index in [0.29, 0.717) is 44.8 Å². The SMILES string of the molecule is COc1ccc(O[C@H]2C[C@H](OCc3ccccc3)[C@H](O[C@H]3C[C@H](OCc4ccccc4)[C@H](O[C@H]4C[C@@H](OC)[C@H](OCc5ccc6ccccc6c5)[C@@H](C)O4)[C@@H](C)O3)[C@@H](C)O2)cc1. The highest BCUT2D eigenvalue weighted by Gasteiger charge is 2.47. The Hall–Kier alpha value is -4.40. The molecule has 12 atom stereocenters. The van der Waals surface area contributed by atoms with Gasteiger partial charge in [0.15, 0.2) is 12.6 Å². The van der Waals surface area contributed by atoms with Gasteiger partial charge in [-0.15, -0.1) is 0 Å². The third-order valence-electron chi connectivity index (χ3n) is 12.0. The third kappa shape index (κ3) is 11.4. The van der Waals surface area contributed by atoms with Crippen molar-refractivity contribution in [2.24, 2.45) is 0 Å². The molecule has 0 bridgehead atoms. The molecule has 3 fully saturated rings. The van der Waals surface area contributed by atoms with E-state index in [4.69, 9.17) is 52.1 Å². The molecule has 3 heterocycles. The summed E-state index contributed by atoms with van der Waals surface area (Å²) in [5.41, 5.74) is 3.22. The van der Waals surface area contributed by atoms with Gasteiger partial charge < -0.3 is 52.1 Å². The van der Waals surface area contributed by atoms with Crippen LogP contribution < -0.4 is 9.47 Å². The van der Waals surface area contributed by atoms with Crippen LogP contribution in [0.25, 0.3) is 10.8 Å². The molecule has 0 unspecified atom stereocenters. The van der Waals surface area contributed by atoms with Gasteiger partial charge in [0, 0.05) is 26.4 Å². The second kappa shape index (κ2) is 21.3. The Bertz CT molecular complexity index is 2100. The minimum Gasteiger partial charge on any atom is -0.497 e. The number of hydrogen-bond donors (Lipinski definition) is 0. The molecule has 3 aliphatic heterocycles. The van der Waals surface area contributed by atoms with Gasteiger partial charge in [-0.3, -0.25) is 0 Å². The highest BCUT2D eigenvalue weighted by Crippen LogP contribution is 2.36. The van der Waals surface area contributed by atoms with Crippen molar-refractivity contribution in [1.29, 1.82) is 0 Å². The van der Waals surface area contributed by atoms with Crippen LogP contribution in [0.3, 0.4) is 0 Å². The first kappa shape index (κ1) is 44.2. The molecule has 3 saturated heterocycles. The summed E-state index contributed by atoms with van der Waals surface area (Å²) in [6.07, 6.45) is -3.72. The van der Waals surface area contributed by atoms with Crippen LogP contribution in [0.4, 0.5) is 0 Å². The van der Waals surface area contributed by atoms with Crippen molar-refractivity contribution in [1.82, 2.24) is 0 Å². The van der Waals surface area contributed by atoms with Crippen molar-refractivity contribution in [2.45, 2.75) is 134 Å². The fraction of sp³-hybridized carbons (Fsp3) is 0.451. The molecular formula is C51H60O11. The van der Waals surface area contributed by atoms with E-state index in [1.807, 2.05) is 87.5 Å². The molecule has 330 valence electrons. The van der Waals surface area contributed by atoms with Gasteiger partial charge in [0.05, 0.1) is 63.6 Å². The maximum Gasteiger partial charge on any atom is 0.202 e. The van der Waals surface area contributed by atoms with Crippen LogP contribution >= 0.6 is 0 Å². The molecule has 8 rings (SSSR count). The molecule has 62 heavy (non-hydrogen) atoms. The molecule has 0 spiro atoms. The lowest BCUT2D eigenvalue weighted by Crippen LogP contribution is -2.57.